The number of nitrogens with one attached hydrogen (secondary N) is 1. The molecule has 36 heavy (non-hydrogen) atoms. The summed E-state index contributed by atoms with van der Waals surface area (Å²) in [5.74, 6) is -0.391. The van der Waals surface area contributed by atoms with Crippen LogP contribution in [0.3, 0.4) is 0 Å². The smallest absolute Gasteiger partial charge is 0.248 e. The molecule has 0 saturated heterocycles. The molecule has 1 heterocycles. The largest absolute Gasteiger partial charge is 0.351 e. The lowest BCUT2D eigenvalue weighted by Crippen LogP contribution is -2.47. The van der Waals surface area contributed by atoms with E-state index in [0.29, 0.717) is 11.6 Å². The van der Waals surface area contributed by atoms with Crippen molar-refractivity contribution in [3.63, 3.8) is 0 Å². The quantitative estimate of drug-likeness (QED) is 0.345. The molecule has 1 aromatic heterocycles. The number of hydrogen-bond donors (Lipinski definition) is 1. The van der Waals surface area contributed by atoms with Crippen LogP contribution in [0.2, 0.25) is 0 Å². The van der Waals surface area contributed by atoms with Crippen LogP contribution in [0.15, 0.2) is 66.0 Å². The third kappa shape index (κ3) is 6.82. The van der Waals surface area contributed by atoms with Gasteiger partial charge in [0.2, 0.25) is 11.8 Å². The zero-order valence-corrected chi connectivity index (χ0v) is 21.9. The fourth-order valence-electron chi connectivity index (χ4n) is 4.96. The number of thiophene rings is 1. The lowest BCUT2D eigenvalue weighted by molar-refractivity contribution is -0.127. The molecule has 3 aromatic rings. The number of rotatable bonds is 9. The van der Waals surface area contributed by atoms with Crippen molar-refractivity contribution in [2.45, 2.75) is 70.9 Å². The van der Waals surface area contributed by atoms with E-state index in [1.165, 1.54) is 40.4 Å². The predicted octanol–water partition coefficient (Wildman–Crippen LogP) is 6.85. The van der Waals surface area contributed by atoms with Crippen LogP contribution in [0, 0.1) is 11.7 Å². The minimum Gasteiger partial charge on any atom is -0.351 e. The molecule has 1 saturated carbocycles. The van der Waals surface area contributed by atoms with Gasteiger partial charge in [-0.25, -0.2) is 4.39 Å². The molecule has 6 heteroatoms. The van der Waals surface area contributed by atoms with Gasteiger partial charge in [0.15, 0.2) is 0 Å². The molecule has 190 valence electrons. The topological polar surface area (TPSA) is 49.4 Å². The van der Waals surface area contributed by atoms with Gasteiger partial charge in [-0.1, -0.05) is 69.5 Å². The number of anilines is 1. The van der Waals surface area contributed by atoms with Crippen LogP contribution in [0.1, 0.15) is 68.0 Å². The number of carbonyl (C=O) groups is 2. The summed E-state index contributed by atoms with van der Waals surface area (Å²) in [7, 11) is 0. The normalized spacial score (nSPS) is 15.0. The highest BCUT2D eigenvalue weighted by Crippen LogP contribution is 2.31. The van der Waals surface area contributed by atoms with E-state index in [-0.39, 0.29) is 24.3 Å². The van der Waals surface area contributed by atoms with Gasteiger partial charge in [-0.15, -0.1) is 11.3 Å². The summed E-state index contributed by atoms with van der Waals surface area (Å²) < 4.78 is 14.3. The van der Waals surface area contributed by atoms with Crippen molar-refractivity contribution in [3.8, 4) is 0 Å². The number of benzene rings is 2. The van der Waals surface area contributed by atoms with Gasteiger partial charge in [-0.3, -0.25) is 14.5 Å². The lowest BCUT2D eigenvalue weighted by atomic mass is 9.94. The van der Waals surface area contributed by atoms with Crippen molar-refractivity contribution in [3.05, 3.63) is 87.9 Å². The molecule has 0 spiro atoms. The molecular weight excluding hydrogens is 471 g/mol. The van der Waals surface area contributed by atoms with Gasteiger partial charge in [0.1, 0.15) is 11.9 Å². The maximum Gasteiger partial charge on any atom is 0.248 e. The number of carbonyl (C=O) groups excluding carboxylic acids is 2. The van der Waals surface area contributed by atoms with Crippen LogP contribution in [-0.2, 0) is 22.4 Å². The molecule has 2 aromatic carbocycles. The summed E-state index contributed by atoms with van der Waals surface area (Å²) in [4.78, 5) is 30.0. The number of hydrogen-bond acceptors (Lipinski definition) is 3. The predicted molar refractivity (Wildman–Crippen MR) is 145 cm³/mol. The molecule has 2 amide bonds. The maximum atomic E-state index is 14.3. The highest BCUT2D eigenvalue weighted by atomic mass is 32.1. The Morgan fingerprint density at radius 1 is 1.03 bits per heavy atom. The molecule has 1 atom stereocenters. The second-order valence-electron chi connectivity index (χ2n) is 10.1. The Hall–Kier alpha value is -2.99. The molecule has 4 nitrogen and oxygen atoms in total. The summed E-state index contributed by atoms with van der Waals surface area (Å²) >= 11 is 1.50. The third-order valence-electron chi connectivity index (χ3n) is 6.66. The Bertz CT molecular complexity index is 1140. The van der Waals surface area contributed by atoms with E-state index in [1.807, 2.05) is 41.8 Å². The van der Waals surface area contributed by atoms with Gasteiger partial charge in [0.05, 0.1) is 6.42 Å². The first-order valence-electron chi connectivity index (χ1n) is 12.9. The SMILES string of the molecule is CC(C)Cc1ccc(C(C(=O)NC2CCCCC2)N(C(=O)Cc2cccs2)c2cccc(F)c2)cc1. The molecule has 1 unspecified atom stereocenters. The standard InChI is InChI=1S/C30H35FN2O2S/c1-21(2)18-22-13-15-23(16-14-22)29(30(35)32-25-9-4-3-5-10-25)33(26-11-6-8-24(31)19-26)28(34)20-27-12-7-17-36-27/h6-8,11-17,19,21,25,29H,3-5,9-10,18,20H2,1-2H3,(H,32,35). The molecule has 1 aliphatic carbocycles. The Morgan fingerprint density at radius 2 is 1.78 bits per heavy atom. The monoisotopic (exact) mass is 506 g/mol. The number of halogens is 1. The fraction of sp³-hybridized carbons (Fsp3) is 0.400. The average Bonchev–Trinajstić information content (AvgIpc) is 3.36. The van der Waals surface area contributed by atoms with Crippen molar-refractivity contribution >= 4 is 28.8 Å². The number of nitrogens with zero attached hydrogens (tertiary/aromatic N) is 1. The summed E-state index contributed by atoms with van der Waals surface area (Å²) in [5.41, 5.74) is 2.29. The zero-order valence-electron chi connectivity index (χ0n) is 21.1. The maximum absolute atomic E-state index is 14.3. The first kappa shape index (κ1) is 26.1. The Kier molecular flexibility index (Phi) is 8.92. The van der Waals surface area contributed by atoms with E-state index in [2.05, 4.69) is 19.2 Å². The van der Waals surface area contributed by atoms with Gasteiger partial charge >= 0.3 is 0 Å². The second-order valence-corrected chi connectivity index (χ2v) is 11.1. The van der Waals surface area contributed by atoms with Crippen molar-refractivity contribution < 1.29 is 14.0 Å². The Morgan fingerprint density at radius 3 is 2.42 bits per heavy atom. The van der Waals surface area contributed by atoms with Crippen molar-refractivity contribution in [2.24, 2.45) is 5.92 Å². The minimum absolute atomic E-state index is 0.0933. The van der Waals surface area contributed by atoms with Gasteiger partial charge in [0, 0.05) is 16.6 Å². The van der Waals surface area contributed by atoms with Crippen LogP contribution in [0.4, 0.5) is 10.1 Å². The average molecular weight is 507 g/mol. The van der Waals surface area contributed by atoms with Crippen molar-refractivity contribution in [2.75, 3.05) is 4.90 Å². The molecule has 1 N–H and O–H groups in total. The molecular formula is C30H35FN2O2S. The van der Waals surface area contributed by atoms with Crippen LogP contribution < -0.4 is 10.2 Å². The van der Waals surface area contributed by atoms with Crippen LogP contribution >= 0.6 is 11.3 Å². The summed E-state index contributed by atoms with van der Waals surface area (Å²) in [6.07, 6.45) is 6.32. The molecule has 0 radical (unpaired) electrons. The highest BCUT2D eigenvalue weighted by Gasteiger charge is 2.34. The molecule has 0 bridgehead atoms. The molecule has 1 aliphatic rings. The number of amides is 2. The van der Waals surface area contributed by atoms with E-state index in [1.54, 1.807) is 12.1 Å². The van der Waals surface area contributed by atoms with E-state index in [9.17, 15) is 14.0 Å². The van der Waals surface area contributed by atoms with Gasteiger partial charge in [-0.05, 0) is 66.0 Å². The van der Waals surface area contributed by atoms with E-state index in [0.717, 1.165) is 42.5 Å². The first-order chi connectivity index (χ1) is 17.4. The van der Waals surface area contributed by atoms with Crippen molar-refractivity contribution in [1.29, 1.82) is 0 Å². The Balaban J connectivity index is 1.74. The van der Waals surface area contributed by atoms with Crippen LogP contribution in [0.5, 0.6) is 0 Å². The zero-order chi connectivity index (χ0) is 25.5. The van der Waals surface area contributed by atoms with Gasteiger partial charge < -0.3 is 5.32 Å². The van der Waals surface area contributed by atoms with E-state index < -0.39 is 11.9 Å². The van der Waals surface area contributed by atoms with E-state index in [4.69, 9.17) is 0 Å². The Labute approximate surface area is 217 Å². The van der Waals surface area contributed by atoms with Crippen LogP contribution in [0.25, 0.3) is 0 Å². The summed E-state index contributed by atoms with van der Waals surface area (Å²) in [6, 6.07) is 16.9. The molecule has 4 rings (SSSR count). The molecule has 1 fully saturated rings. The van der Waals surface area contributed by atoms with Crippen LogP contribution in [-0.4, -0.2) is 17.9 Å². The first-order valence-corrected chi connectivity index (χ1v) is 13.8. The summed E-state index contributed by atoms with van der Waals surface area (Å²) in [6.45, 7) is 4.34. The van der Waals surface area contributed by atoms with Gasteiger partial charge in [0.25, 0.3) is 0 Å². The fourth-order valence-corrected chi connectivity index (χ4v) is 5.66. The highest BCUT2D eigenvalue weighted by molar-refractivity contribution is 7.10. The van der Waals surface area contributed by atoms with Gasteiger partial charge in [-0.2, -0.15) is 0 Å². The van der Waals surface area contributed by atoms with E-state index >= 15 is 0 Å². The summed E-state index contributed by atoms with van der Waals surface area (Å²) in [5, 5.41) is 5.15. The third-order valence-corrected chi connectivity index (χ3v) is 7.53. The second kappa shape index (κ2) is 12.3. The van der Waals surface area contributed by atoms with Crippen molar-refractivity contribution in [1.82, 2.24) is 5.32 Å². The lowest BCUT2D eigenvalue weighted by Gasteiger charge is -2.33. The molecule has 0 aliphatic heterocycles. The minimum atomic E-state index is -0.894.